The van der Waals surface area contributed by atoms with Gasteiger partial charge in [0.05, 0.1) is 4.92 Å². The molecule has 1 atom stereocenters. The minimum atomic E-state index is -0.386. The van der Waals surface area contributed by atoms with E-state index >= 15 is 0 Å². The molecule has 0 amide bonds. The van der Waals surface area contributed by atoms with Gasteiger partial charge in [-0.05, 0) is 47.0 Å². The van der Waals surface area contributed by atoms with Crippen molar-refractivity contribution in [2.45, 2.75) is 26.3 Å². The molecule has 0 bridgehead atoms. The number of rotatable bonds is 6. The van der Waals surface area contributed by atoms with Crippen molar-refractivity contribution in [3.63, 3.8) is 0 Å². The highest BCUT2D eigenvalue weighted by molar-refractivity contribution is 5.60. The summed E-state index contributed by atoms with van der Waals surface area (Å²) in [6.07, 6.45) is 2.49. The van der Waals surface area contributed by atoms with Crippen LogP contribution in [0.3, 0.4) is 0 Å². The predicted octanol–water partition coefficient (Wildman–Crippen LogP) is 2.05. The molecule has 0 aliphatic carbocycles. The molecule has 6 heteroatoms. The van der Waals surface area contributed by atoms with Gasteiger partial charge in [-0.2, -0.15) is 0 Å². The van der Waals surface area contributed by atoms with E-state index in [0.29, 0.717) is 11.4 Å². The van der Waals surface area contributed by atoms with Crippen LogP contribution in [0.25, 0.3) is 0 Å². The summed E-state index contributed by atoms with van der Waals surface area (Å²) in [5.41, 5.74) is 0.687. The molecule has 6 nitrogen and oxygen atoms in total. The highest BCUT2D eigenvalue weighted by Crippen LogP contribution is 2.26. The number of aromatic nitrogens is 1. The minimum Gasteiger partial charge on any atom is -0.362 e. The summed E-state index contributed by atoms with van der Waals surface area (Å²) in [7, 11) is 4.00. The first-order valence-electron chi connectivity index (χ1n) is 5.93. The molecule has 1 unspecified atom stereocenters. The van der Waals surface area contributed by atoms with Gasteiger partial charge in [0.25, 0.3) is 0 Å². The predicted molar refractivity (Wildman–Crippen MR) is 71.9 cm³/mol. The molecule has 0 spiro atoms. The van der Waals surface area contributed by atoms with Crippen LogP contribution in [-0.4, -0.2) is 41.5 Å². The van der Waals surface area contributed by atoms with Gasteiger partial charge in [0.15, 0.2) is 0 Å². The van der Waals surface area contributed by atoms with E-state index in [2.05, 4.69) is 15.2 Å². The highest BCUT2D eigenvalue weighted by atomic mass is 16.6. The summed E-state index contributed by atoms with van der Waals surface area (Å²) in [4.78, 5) is 16.8. The van der Waals surface area contributed by atoms with Crippen molar-refractivity contribution in [1.82, 2.24) is 9.88 Å². The molecular weight excluding hydrogens is 232 g/mol. The van der Waals surface area contributed by atoms with Gasteiger partial charge in [0, 0.05) is 17.8 Å². The van der Waals surface area contributed by atoms with E-state index in [1.165, 1.54) is 0 Å². The standard InChI is InChI=1S/C12H20N4O2/c1-9-5-7-13-12(11(9)16(17)18)14-10(2)6-8-15(3)4/h5,7,10H,6,8H2,1-4H3,(H,13,14). The summed E-state index contributed by atoms with van der Waals surface area (Å²) in [5, 5.41) is 14.1. The van der Waals surface area contributed by atoms with Gasteiger partial charge in [0.1, 0.15) is 0 Å². The quantitative estimate of drug-likeness (QED) is 0.619. The Morgan fingerprint density at radius 2 is 2.22 bits per heavy atom. The number of nitrogens with zero attached hydrogens (tertiary/aromatic N) is 3. The normalized spacial score (nSPS) is 12.5. The average molecular weight is 252 g/mol. The molecule has 0 aromatic carbocycles. The molecule has 100 valence electrons. The van der Waals surface area contributed by atoms with Crippen molar-refractivity contribution < 1.29 is 4.92 Å². The molecule has 1 aromatic heterocycles. The Morgan fingerprint density at radius 1 is 1.56 bits per heavy atom. The first-order chi connectivity index (χ1) is 8.41. The Hall–Kier alpha value is -1.69. The van der Waals surface area contributed by atoms with Gasteiger partial charge in [-0.1, -0.05) is 0 Å². The van der Waals surface area contributed by atoms with Crippen LogP contribution in [-0.2, 0) is 0 Å². The lowest BCUT2D eigenvalue weighted by molar-refractivity contribution is -0.384. The Kier molecular flexibility index (Phi) is 5.03. The van der Waals surface area contributed by atoms with Crippen molar-refractivity contribution in [3.8, 4) is 0 Å². The van der Waals surface area contributed by atoms with Crippen molar-refractivity contribution in [3.05, 3.63) is 27.9 Å². The zero-order valence-electron chi connectivity index (χ0n) is 11.3. The van der Waals surface area contributed by atoms with Crippen LogP contribution in [0.5, 0.6) is 0 Å². The van der Waals surface area contributed by atoms with Crippen LogP contribution in [0.4, 0.5) is 11.5 Å². The van der Waals surface area contributed by atoms with Crippen molar-refractivity contribution in [2.24, 2.45) is 0 Å². The van der Waals surface area contributed by atoms with Crippen LogP contribution in [0.2, 0.25) is 0 Å². The van der Waals surface area contributed by atoms with E-state index < -0.39 is 0 Å². The molecule has 1 N–H and O–H groups in total. The van der Waals surface area contributed by atoms with E-state index in [-0.39, 0.29) is 16.7 Å². The minimum absolute atomic E-state index is 0.0641. The van der Waals surface area contributed by atoms with Gasteiger partial charge in [-0.3, -0.25) is 10.1 Å². The zero-order valence-corrected chi connectivity index (χ0v) is 11.3. The van der Waals surface area contributed by atoms with Gasteiger partial charge in [0.2, 0.25) is 5.82 Å². The Labute approximate surface area is 107 Å². The number of pyridine rings is 1. The SMILES string of the molecule is Cc1ccnc(NC(C)CCN(C)C)c1[N+](=O)[O-]. The molecule has 1 heterocycles. The van der Waals surface area contributed by atoms with Crippen LogP contribution in [0, 0.1) is 17.0 Å². The Balaban J connectivity index is 2.78. The van der Waals surface area contributed by atoms with E-state index in [4.69, 9.17) is 0 Å². The fourth-order valence-electron chi connectivity index (χ4n) is 1.64. The van der Waals surface area contributed by atoms with Crippen LogP contribution >= 0.6 is 0 Å². The molecule has 18 heavy (non-hydrogen) atoms. The monoisotopic (exact) mass is 252 g/mol. The second-order valence-electron chi connectivity index (χ2n) is 4.72. The Morgan fingerprint density at radius 3 is 2.78 bits per heavy atom. The molecular formula is C12H20N4O2. The summed E-state index contributed by atoms with van der Waals surface area (Å²) in [5.74, 6) is 0.353. The van der Waals surface area contributed by atoms with Gasteiger partial charge in [-0.25, -0.2) is 4.98 Å². The van der Waals surface area contributed by atoms with Crippen LogP contribution in [0.1, 0.15) is 18.9 Å². The number of hydrogen-bond donors (Lipinski definition) is 1. The number of hydrogen-bond acceptors (Lipinski definition) is 5. The third-order valence-corrected chi connectivity index (χ3v) is 2.70. The van der Waals surface area contributed by atoms with E-state index in [0.717, 1.165) is 13.0 Å². The highest BCUT2D eigenvalue weighted by Gasteiger charge is 2.19. The third-order valence-electron chi connectivity index (χ3n) is 2.70. The van der Waals surface area contributed by atoms with Gasteiger partial charge < -0.3 is 10.2 Å². The lowest BCUT2D eigenvalue weighted by Gasteiger charge is -2.17. The van der Waals surface area contributed by atoms with Crippen LogP contribution < -0.4 is 5.32 Å². The summed E-state index contributed by atoms with van der Waals surface area (Å²) in [6, 6.07) is 1.79. The lowest BCUT2D eigenvalue weighted by atomic mass is 10.2. The molecule has 0 saturated heterocycles. The molecule has 0 fully saturated rings. The molecule has 0 aliphatic rings. The second kappa shape index (κ2) is 6.30. The summed E-state index contributed by atoms with van der Waals surface area (Å²) >= 11 is 0. The molecule has 0 aliphatic heterocycles. The summed E-state index contributed by atoms with van der Waals surface area (Å²) < 4.78 is 0. The van der Waals surface area contributed by atoms with E-state index in [1.54, 1.807) is 19.2 Å². The average Bonchev–Trinajstić information content (AvgIpc) is 2.26. The zero-order chi connectivity index (χ0) is 13.7. The number of nitrogens with one attached hydrogen (secondary N) is 1. The molecule has 0 saturated carbocycles. The second-order valence-corrected chi connectivity index (χ2v) is 4.72. The fraction of sp³-hybridized carbons (Fsp3) is 0.583. The first kappa shape index (κ1) is 14.4. The topological polar surface area (TPSA) is 71.3 Å². The fourth-order valence-corrected chi connectivity index (χ4v) is 1.64. The maximum absolute atomic E-state index is 11.0. The maximum Gasteiger partial charge on any atom is 0.314 e. The van der Waals surface area contributed by atoms with Crippen molar-refractivity contribution >= 4 is 11.5 Å². The lowest BCUT2D eigenvalue weighted by Crippen LogP contribution is -2.23. The van der Waals surface area contributed by atoms with Gasteiger partial charge >= 0.3 is 5.69 Å². The van der Waals surface area contributed by atoms with Crippen molar-refractivity contribution in [2.75, 3.05) is 26.0 Å². The molecule has 1 aromatic rings. The van der Waals surface area contributed by atoms with Crippen molar-refractivity contribution in [1.29, 1.82) is 0 Å². The van der Waals surface area contributed by atoms with Gasteiger partial charge in [-0.15, -0.1) is 0 Å². The molecule has 0 radical (unpaired) electrons. The van der Waals surface area contributed by atoms with E-state index in [1.807, 2.05) is 21.0 Å². The Bertz CT molecular complexity index is 421. The number of nitro groups is 1. The summed E-state index contributed by atoms with van der Waals surface area (Å²) in [6.45, 7) is 4.64. The smallest absolute Gasteiger partial charge is 0.314 e. The first-order valence-corrected chi connectivity index (χ1v) is 5.93. The largest absolute Gasteiger partial charge is 0.362 e. The third kappa shape index (κ3) is 3.96. The maximum atomic E-state index is 11.0. The number of aryl methyl sites for hydroxylation is 1. The van der Waals surface area contributed by atoms with E-state index in [9.17, 15) is 10.1 Å². The molecule has 1 rings (SSSR count). The number of anilines is 1. The van der Waals surface area contributed by atoms with Crippen LogP contribution in [0.15, 0.2) is 12.3 Å².